The topological polar surface area (TPSA) is 89.2 Å². The third kappa shape index (κ3) is 3.55. The zero-order chi connectivity index (χ0) is 14.4. The molecule has 0 radical (unpaired) electrons. The third-order valence-corrected chi connectivity index (χ3v) is 2.61. The van der Waals surface area contributed by atoms with Crippen LogP contribution >= 0.6 is 0 Å². The van der Waals surface area contributed by atoms with Crippen molar-refractivity contribution in [1.29, 1.82) is 0 Å². The van der Waals surface area contributed by atoms with Gasteiger partial charge in [-0.3, -0.25) is 5.43 Å². The van der Waals surface area contributed by atoms with Crippen LogP contribution in [0.3, 0.4) is 0 Å². The molecule has 0 aliphatic carbocycles. The fourth-order valence-electron chi connectivity index (χ4n) is 1.70. The summed E-state index contributed by atoms with van der Waals surface area (Å²) in [5, 5.41) is 0. The van der Waals surface area contributed by atoms with Crippen molar-refractivity contribution in [1.82, 2.24) is 15.0 Å². The Morgan fingerprint density at radius 2 is 1.95 bits per heavy atom. The minimum atomic E-state index is 0.255. The molecule has 1 aromatic carbocycles. The van der Waals surface area contributed by atoms with Gasteiger partial charge < -0.3 is 9.64 Å². The van der Waals surface area contributed by atoms with E-state index in [1.165, 1.54) is 0 Å². The van der Waals surface area contributed by atoms with Gasteiger partial charge in [-0.15, -0.1) is 0 Å². The number of nitrogens with two attached hydrogens (primary N) is 1. The summed E-state index contributed by atoms with van der Waals surface area (Å²) in [7, 11) is 1.90. The lowest BCUT2D eigenvalue weighted by molar-refractivity contribution is 0.312. The van der Waals surface area contributed by atoms with Crippen molar-refractivity contribution in [2.75, 3.05) is 24.0 Å². The van der Waals surface area contributed by atoms with Crippen LogP contribution in [0.1, 0.15) is 12.5 Å². The lowest BCUT2D eigenvalue weighted by atomic mass is 10.2. The molecule has 7 heteroatoms. The van der Waals surface area contributed by atoms with Crippen molar-refractivity contribution in [2.45, 2.75) is 13.5 Å². The molecule has 2 rings (SSSR count). The van der Waals surface area contributed by atoms with Crippen LogP contribution < -0.4 is 20.9 Å². The molecule has 0 amide bonds. The number of nitrogens with one attached hydrogen (secondary N) is 1. The SMILES string of the molecule is CCOc1nc(NN)nc(N(C)Cc2ccccc2)n1. The van der Waals surface area contributed by atoms with Gasteiger partial charge in [0.25, 0.3) is 0 Å². The Labute approximate surface area is 117 Å². The maximum Gasteiger partial charge on any atom is 0.323 e. The number of hydrogen-bond acceptors (Lipinski definition) is 7. The van der Waals surface area contributed by atoms with Crippen LogP contribution in [0.5, 0.6) is 6.01 Å². The first-order chi connectivity index (χ1) is 9.72. The Balaban J connectivity index is 2.19. The van der Waals surface area contributed by atoms with E-state index in [1.807, 2.05) is 49.2 Å². The van der Waals surface area contributed by atoms with Gasteiger partial charge >= 0.3 is 6.01 Å². The Morgan fingerprint density at radius 1 is 1.20 bits per heavy atom. The lowest BCUT2D eigenvalue weighted by Gasteiger charge is -2.18. The van der Waals surface area contributed by atoms with Crippen LogP contribution in [0.4, 0.5) is 11.9 Å². The molecule has 3 N–H and O–H groups in total. The summed E-state index contributed by atoms with van der Waals surface area (Å²) in [5.74, 6) is 6.14. The monoisotopic (exact) mass is 274 g/mol. The van der Waals surface area contributed by atoms with E-state index < -0.39 is 0 Å². The number of aromatic nitrogens is 3. The number of anilines is 2. The number of hydrazine groups is 1. The lowest BCUT2D eigenvalue weighted by Crippen LogP contribution is -2.21. The first kappa shape index (κ1) is 14.0. The Morgan fingerprint density at radius 3 is 2.60 bits per heavy atom. The van der Waals surface area contributed by atoms with E-state index in [2.05, 4.69) is 20.4 Å². The molecular weight excluding hydrogens is 256 g/mol. The molecule has 0 spiro atoms. The molecule has 0 saturated heterocycles. The normalized spacial score (nSPS) is 10.2. The number of nitrogens with zero attached hydrogens (tertiary/aromatic N) is 4. The molecule has 0 fully saturated rings. The second-order valence-corrected chi connectivity index (χ2v) is 4.16. The first-order valence-corrected chi connectivity index (χ1v) is 6.33. The molecule has 2 aromatic rings. The number of rotatable bonds is 6. The van der Waals surface area contributed by atoms with Crippen molar-refractivity contribution in [3.8, 4) is 6.01 Å². The average molecular weight is 274 g/mol. The van der Waals surface area contributed by atoms with Gasteiger partial charge in [0.2, 0.25) is 11.9 Å². The molecule has 0 aliphatic heterocycles. The smallest absolute Gasteiger partial charge is 0.323 e. The Kier molecular flexibility index (Phi) is 4.67. The molecule has 1 heterocycles. The van der Waals surface area contributed by atoms with Gasteiger partial charge in [0.1, 0.15) is 0 Å². The second kappa shape index (κ2) is 6.67. The van der Waals surface area contributed by atoms with Crippen LogP contribution in [0.25, 0.3) is 0 Å². The molecule has 0 bridgehead atoms. The summed E-state index contributed by atoms with van der Waals surface area (Å²) in [6.45, 7) is 3.03. The van der Waals surface area contributed by atoms with E-state index >= 15 is 0 Å². The summed E-state index contributed by atoms with van der Waals surface area (Å²) in [6.07, 6.45) is 0. The highest BCUT2D eigenvalue weighted by Crippen LogP contribution is 2.15. The predicted octanol–water partition coefficient (Wildman–Crippen LogP) is 1.19. The van der Waals surface area contributed by atoms with Gasteiger partial charge in [-0.25, -0.2) is 5.84 Å². The third-order valence-electron chi connectivity index (χ3n) is 2.61. The van der Waals surface area contributed by atoms with Crippen LogP contribution in [-0.2, 0) is 6.54 Å². The minimum absolute atomic E-state index is 0.255. The molecular formula is C13H18N6O. The highest BCUT2D eigenvalue weighted by atomic mass is 16.5. The molecule has 0 atom stereocenters. The van der Waals surface area contributed by atoms with Gasteiger partial charge in [-0.1, -0.05) is 30.3 Å². The van der Waals surface area contributed by atoms with Crippen LogP contribution in [-0.4, -0.2) is 28.6 Å². The highest BCUT2D eigenvalue weighted by molar-refractivity contribution is 5.38. The van der Waals surface area contributed by atoms with E-state index in [1.54, 1.807) is 0 Å². The fraction of sp³-hybridized carbons (Fsp3) is 0.308. The molecule has 106 valence electrons. The molecule has 20 heavy (non-hydrogen) atoms. The van der Waals surface area contributed by atoms with Gasteiger partial charge in [-0.2, -0.15) is 15.0 Å². The molecule has 0 saturated carbocycles. The van der Waals surface area contributed by atoms with Crippen LogP contribution in [0, 0.1) is 0 Å². The van der Waals surface area contributed by atoms with E-state index in [0.29, 0.717) is 19.1 Å². The fourth-order valence-corrected chi connectivity index (χ4v) is 1.70. The van der Waals surface area contributed by atoms with Crippen molar-refractivity contribution < 1.29 is 4.74 Å². The van der Waals surface area contributed by atoms with Crippen LogP contribution in [0.15, 0.2) is 30.3 Å². The summed E-state index contributed by atoms with van der Waals surface area (Å²) in [5.41, 5.74) is 3.58. The maximum atomic E-state index is 5.36. The predicted molar refractivity (Wildman–Crippen MR) is 77.4 cm³/mol. The van der Waals surface area contributed by atoms with Crippen molar-refractivity contribution >= 4 is 11.9 Å². The van der Waals surface area contributed by atoms with E-state index in [9.17, 15) is 0 Å². The highest BCUT2D eigenvalue weighted by Gasteiger charge is 2.11. The molecule has 7 nitrogen and oxygen atoms in total. The van der Waals surface area contributed by atoms with E-state index in [-0.39, 0.29) is 12.0 Å². The summed E-state index contributed by atoms with van der Waals surface area (Å²) in [6, 6.07) is 10.3. The standard InChI is InChI=1S/C13H18N6O/c1-3-20-13-16-11(18-14)15-12(17-13)19(2)9-10-7-5-4-6-8-10/h4-8H,3,9,14H2,1-2H3,(H,15,16,17,18). The summed E-state index contributed by atoms with van der Waals surface area (Å²) < 4.78 is 5.30. The van der Waals surface area contributed by atoms with Crippen molar-refractivity contribution in [3.63, 3.8) is 0 Å². The first-order valence-electron chi connectivity index (χ1n) is 6.33. The number of benzene rings is 1. The summed E-state index contributed by atoms with van der Waals surface area (Å²) in [4.78, 5) is 14.4. The summed E-state index contributed by atoms with van der Waals surface area (Å²) >= 11 is 0. The maximum absolute atomic E-state index is 5.36. The molecule has 0 aliphatic rings. The van der Waals surface area contributed by atoms with E-state index in [0.717, 1.165) is 5.56 Å². The zero-order valence-electron chi connectivity index (χ0n) is 11.6. The van der Waals surface area contributed by atoms with Gasteiger partial charge in [0.05, 0.1) is 6.61 Å². The van der Waals surface area contributed by atoms with Crippen molar-refractivity contribution in [3.05, 3.63) is 35.9 Å². The number of nitrogen functional groups attached to an aromatic ring is 1. The molecule has 1 aromatic heterocycles. The Bertz CT molecular complexity index is 548. The van der Waals surface area contributed by atoms with Crippen LogP contribution in [0.2, 0.25) is 0 Å². The van der Waals surface area contributed by atoms with E-state index in [4.69, 9.17) is 10.6 Å². The van der Waals surface area contributed by atoms with Gasteiger partial charge in [0.15, 0.2) is 0 Å². The second-order valence-electron chi connectivity index (χ2n) is 4.16. The Hall–Kier alpha value is -2.41. The minimum Gasteiger partial charge on any atom is -0.464 e. The number of ether oxygens (including phenoxy) is 1. The largest absolute Gasteiger partial charge is 0.464 e. The molecule has 0 unspecified atom stereocenters. The van der Waals surface area contributed by atoms with Gasteiger partial charge in [0, 0.05) is 13.6 Å². The average Bonchev–Trinajstić information content (AvgIpc) is 2.48. The quantitative estimate of drug-likeness (QED) is 0.604. The zero-order valence-corrected chi connectivity index (χ0v) is 11.6. The van der Waals surface area contributed by atoms with Gasteiger partial charge in [-0.05, 0) is 12.5 Å². The number of hydrogen-bond donors (Lipinski definition) is 2. The van der Waals surface area contributed by atoms with Crippen molar-refractivity contribution in [2.24, 2.45) is 5.84 Å².